The van der Waals surface area contributed by atoms with Gasteiger partial charge >= 0.3 is 12.1 Å². The van der Waals surface area contributed by atoms with E-state index in [2.05, 4.69) is 37.9 Å². The van der Waals surface area contributed by atoms with Crippen molar-refractivity contribution < 1.29 is 19.4 Å². The second-order valence-corrected chi connectivity index (χ2v) is 12.5. The second kappa shape index (κ2) is 14.5. The summed E-state index contributed by atoms with van der Waals surface area (Å²) in [5, 5.41) is 24.2. The average molecular weight is 655 g/mol. The molecule has 48 heavy (non-hydrogen) atoms. The Balaban J connectivity index is 1.03. The van der Waals surface area contributed by atoms with E-state index in [9.17, 15) is 14.7 Å². The number of morpholine rings is 1. The van der Waals surface area contributed by atoms with Gasteiger partial charge in [-0.15, -0.1) is 0 Å². The van der Waals surface area contributed by atoms with Gasteiger partial charge in [0.15, 0.2) is 11.5 Å². The number of carbonyl (C=O) groups excluding carboxylic acids is 1. The first-order valence-corrected chi connectivity index (χ1v) is 16.8. The zero-order valence-electron chi connectivity index (χ0n) is 27.0. The van der Waals surface area contributed by atoms with Crippen molar-refractivity contribution in [2.24, 2.45) is 0 Å². The highest BCUT2D eigenvalue weighted by Crippen LogP contribution is 2.32. The fraction of sp³-hybridized carbons (Fsp3) is 0.441. The number of ether oxygens (including phenoxy) is 1. The fourth-order valence-corrected chi connectivity index (χ4v) is 6.60. The topological polar surface area (TPSA) is 153 Å². The van der Waals surface area contributed by atoms with Crippen molar-refractivity contribution >= 4 is 40.4 Å². The number of carboxylic acid groups (broad SMARTS) is 1. The molecular weight excluding hydrogens is 612 g/mol. The van der Waals surface area contributed by atoms with Crippen LogP contribution in [0.2, 0.25) is 0 Å². The molecule has 0 aliphatic carbocycles. The van der Waals surface area contributed by atoms with E-state index in [0.29, 0.717) is 63.7 Å². The van der Waals surface area contributed by atoms with Crippen molar-refractivity contribution in [2.75, 3.05) is 87.7 Å². The van der Waals surface area contributed by atoms with Gasteiger partial charge in [-0.1, -0.05) is 12.1 Å². The van der Waals surface area contributed by atoms with E-state index in [4.69, 9.17) is 19.8 Å². The quantitative estimate of drug-likeness (QED) is 0.221. The summed E-state index contributed by atoms with van der Waals surface area (Å²) >= 11 is 0. The Hall–Kier alpha value is -4.79. The van der Waals surface area contributed by atoms with E-state index < -0.39 is 6.09 Å². The molecule has 14 heteroatoms. The van der Waals surface area contributed by atoms with Crippen LogP contribution in [0.5, 0.6) is 0 Å². The first-order chi connectivity index (χ1) is 23.5. The maximum absolute atomic E-state index is 12.8. The van der Waals surface area contributed by atoms with Crippen LogP contribution in [0, 0.1) is 0 Å². The molecule has 0 spiro atoms. The highest BCUT2D eigenvalue weighted by Gasteiger charge is 2.27. The van der Waals surface area contributed by atoms with E-state index in [1.165, 1.54) is 10.5 Å². The van der Waals surface area contributed by atoms with Gasteiger partial charge in [0.2, 0.25) is 0 Å². The molecule has 0 bridgehead atoms. The fourth-order valence-electron chi connectivity index (χ4n) is 6.60. The van der Waals surface area contributed by atoms with Crippen LogP contribution in [0.3, 0.4) is 0 Å². The number of rotatable bonds is 8. The first kappa shape index (κ1) is 31.8. The number of nitrogens with zero attached hydrogens (tertiary/aromatic N) is 7. The average Bonchev–Trinajstić information content (AvgIpc) is 3.56. The maximum atomic E-state index is 12.8. The van der Waals surface area contributed by atoms with Crippen LogP contribution in [0.15, 0.2) is 54.7 Å². The summed E-state index contributed by atoms with van der Waals surface area (Å²) in [6.45, 7) is 8.88. The summed E-state index contributed by atoms with van der Waals surface area (Å²) in [5.74, 6) is 1.37. The van der Waals surface area contributed by atoms with Crippen LogP contribution in [0.1, 0.15) is 24.4 Å². The van der Waals surface area contributed by atoms with E-state index in [1.807, 2.05) is 47.3 Å². The number of aromatic nitrogens is 4. The standard InChI is InChI=1S/C34H42N10O4/c45-33(37-26-5-1-24(2-6-26)9-14-41-17-12-35-13-18-41)38-27-7-3-25(4-8-27)30-39-31(42-19-21-48-22-20-42)29-23-36-44(32(29)40-30)28-10-15-43(16-11-28)34(46)47/h1-8,23,28,35H,9-22H2,(H,46,47)(H2,37,38,45). The monoisotopic (exact) mass is 654 g/mol. The predicted molar refractivity (Wildman–Crippen MR) is 184 cm³/mol. The number of hydrogen-bond acceptors (Lipinski definition) is 9. The summed E-state index contributed by atoms with van der Waals surface area (Å²) in [5.41, 5.74) is 4.17. The van der Waals surface area contributed by atoms with E-state index >= 15 is 0 Å². The molecule has 0 atom stereocenters. The van der Waals surface area contributed by atoms with Gasteiger partial charge < -0.3 is 40.5 Å². The summed E-state index contributed by atoms with van der Waals surface area (Å²) in [7, 11) is 0. The minimum absolute atomic E-state index is 0.0389. The molecule has 5 heterocycles. The molecule has 0 unspecified atom stereocenters. The number of urea groups is 1. The van der Waals surface area contributed by atoms with Gasteiger partial charge in [0.25, 0.3) is 0 Å². The Morgan fingerprint density at radius 3 is 2.21 bits per heavy atom. The largest absolute Gasteiger partial charge is 0.465 e. The van der Waals surface area contributed by atoms with Crippen molar-refractivity contribution in [3.8, 4) is 11.4 Å². The number of anilines is 3. The second-order valence-electron chi connectivity index (χ2n) is 12.5. The lowest BCUT2D eigenvalue weighted by Gasteiger charge is -2.30. The van der Waals surface area contributed by atoms with Gasteiger partial charge in [-0.3, -0.25) is 0 Å². The number of benzene rings is 2. The molecule has 3 amide bonds. The van der Waals surface area contributed by atoms with Crippen molar-refractivity contribution in [3.63, 3.8) is 0 Å². The zero-order chi connectivity index (χ0) is 32.9. The molecule has 3 fully saturated rings. The van der Waals surface area contributed by atoms with Crippen LogP contribution >= 0.6 is 0 Å². The predicted octanol–water partition coefficient (Wildman–Crippen LogP) is 3.74. The highest BCUT2D eigenvalue weighted by molar-refractivity contribution is 6.00. The minimum atomic E-state index is -0.889. The molecule has 7 rings (SSSR count). The van der Waals surface area contributed by atoms with Gasteiger partial charge in [-0.05, 0) is 61.2 Å². The van der Waals surface area contributed by atoms with Gasteiger partial charge in [0, 0.05) is 75.8 Å². The van der Waals surface area contributed by atoms with Crippen molar-refractivity contribution in [2.45, 2.75) is 25.3 Å². The van der Waals surface area contributed by atoms with E-state index in [-0.39, 0.29) is 12.1 Å². The van der Waals surface area contributed by atoms with E-state index in [0.717, 1.165) is 67.2 Å². The Morgan fingerprint density at radius 2 is 1.54 bits per heavy atom. The Bertz CT molecular complexity index is 1710. The zero-order valence-corrected chi connectivity index (χ0v) is 27.0. The molecule has 0 radical (unpaired) electrons. The summed E-state index contributed by atoms with van der Waals surface area (Å²) in [6.07, 6.45) is 3.24. The molecule has 0 saturated carbocycles. The molecule has 4 N–H and O–H groups in total. The Morgan fingerprint density at radius 1 is 0.875 bits per heavy atom. The molecule has 14 nitrogen and oxygen atoms in total. The minimum Gasteiger partial charge on any atom is -0.465 e. The third-order valence-electron chi connectivity index (χ3n) is 9.36. The van der Waals surface area contributed by atoms with Crippen molar-refractivity contribution in [1.82, 2.24) is 34.9 Å². The smallest absolute Gasteiger partial charge is 0.407 e. The third kappa shape index (κ3) is 7.35. The molecular formula is C34H42N10O4. The lowest BCUT2D eigenvalue weighted by molar-refractivity contribution is 0.122. The summed E-state index contributed by atoms with van der Waals surface area (Å²) in [4.78, 5) is 40.4. The molecule has 3 saturated heterocycles. The third-order valence-corrected chi connectivity index (χ3v) is 9.36. The lowest BCUT2D eigenvalue weighted by Crippen LogP contribution is -2.44. The van der Waals surface area contributed by atoms with Crippen molar-refractivity contribution in [3.05, 3.63) is 60.3 Å². The van der Waals surface area contributed by atoms with Crippen LogP contribution < -0.4 is 20.9 Å². The number of likely N-dealkylation sites (tertiary alicyclic amines) is 1. The number of fused-ring (bicyclic) bond motifs is 1. The number of nitrogens with one attached hydrogen (secondary N) is 3. The van der Waals surface area contributed by atoms with Crippen LogP contribution in [-0.4, -0.2) is 119 Å². The summed E-state index contributed by atoms with van der Waals surface area (Å²) < 4.78 is 7.53. The molecule has 4 aromatic rings. The normalized spacial score (nSPS) is 17.8. The van der Waals surface area contributed by atoms with Gasteiger partial charge in [-0.2, -0.15) is 5.10 Å². The Kier molecular flexibility index (Phi) is 9.63. The van der Waals surface area contributed by atoms with Crippen LogP contribution in [0.4, 0.5) is 26.8 Å². The number of amides is 3. The number of carbonyl (C=O) groups is 2. The highest BCUT2D eigenvalue weighted by atomic mass is 16.5. The first-order valence-electron chi connectivity index (χ1n) is 16.8. The number of piperazine rings is 1. The van der Waals surface area contributed by atoms with Gasteiger partial charge in [0.05, 0.1) is 30.8 Å². The molecule has 3 aliphatic heterocycles. The SMILES string of the molecule is O=C(Nc1ccc(CCN2CCNCC2)cc1)Nc1ccc(-c2nc(N3CCOCC3)c3cnn(C4CCN(C(=O)O)CC4)c3n2)cc1. The maximum Gasteiger partial charge on any atom is 0.407 e. The van der Waals surface area contributed by atoms with E-state index in [1.54, 1.807) is 0 Å². The van der Waals surface area contributed by atoms with Crippen LogP contribution in [0.25, 0.3) is 22.4 Å². The molecule has 2 aromatic heterocycles. The Labute approximate surface area is 279 Å². The van der Waals surface area contributed by atoms with Crippen molar-refractivity contribution in [1.29, 1.82) is 0 Å². The summed E-state index contributed by atoms with van der Waals surface area (Å²) in [6, 6.07) is 15.2. The molecule has 2 aromatic carbocycles. The molecule has 3 aliphatic rings. The van der Waals surface area contributed by atoms with Gasteiger partial charge in [0.1, 0.15) is 5.82 Å². The number of piperidine rings is 1. The van der Waals surface area contributed by atoms with Gasteiger partial charge in [-0.25, -0.2) is 24.2 Å². The lowest BCUT2D eigenvalue weighted by atomic mass is 10.1. The number of hydrogen-bond donors (Lipinski definition) is 4. The molecule has 252 valence electrons. The van der Waals surface area contributed by atoms with Crippen LogP contribution in [-0.2, 0) is 11.2 Å².